The molecule has 1 N–H and O–H groups in total. The third-order valence-electron chi connectivity index (χ3n) is 3.86. The number of nitrogens with one attached hydrogen (secondary N) is 1. The van der Waals surface area contributed by atoms with E-state index in [-0.39, 0.29) is 11.9 Å². The summed E-state index contributed by atoms with van der Waals surface area (Å²) in [6.07, 6.45) is 1.99. The number of likely N-dealkylation sites (tertiary alicyclic amines) is 1. The van der Waals surface area contributed by atoms with Crippen LogP contribution in [0.1, 0.15) is 23.2 Å². The summed E-state index contributed by atoms with van der Waals surface area (Å²) in [5.74, 6) is 1.17. The van der Waals surface area contributed by atoms with Gasteiger partial charge < -0.3 is 19.7 Å². The number of piperidine rings is 1. The monoisotopic (exact) mass is 276 g/mol. The van der Waals surface area contributed by atoms with Crippen LogP contribution < -0.4 is 14.8 Å². The number of carbonyl (C=O) groups is 1. The zero-order valence-corrected chi connectivity index (χ0v) is 11.7. The Bertz CT molecular complexity index is 496. The lowest BCUT2D eigenvalue weighted by atomic mass is 10.0. The van der Waals surface area contributed by atoms with Gasteiger partial charge in [0.2, 0.25) is 0 Å². The Morgan fingerprint density at radius 2 is 2.00 bits per heavy atom. The maximum atomic E-state index is 12.4. The van der Waals surface area contributed by atoms with E-state index in [0.717, 1.165) is 25.9 Å². The number of para-hydroxylation sites is 1. The fourth-order valence-corrected chi connectivity index (χ4v) is 2.67. The molecule has 1 aromatic carbocycles. The molecule has 0 unspecified atom stereocenters. The van der Waals surface area contributed by atoms with Crippen molar-refractivity contribution in [2.45, 2.75) is 18.9 Å². The molecule has 0 radical (unpaired) electrons. The van der Waals surface area contributed by atoms with Crippen LogP contribution in [-0.2, 0) is 0 Å². The van der Waals surface area contributed by atoms with E-state index < -0.39 is 0 Å². The average molecular weight is 276 g/mol. The average Bonchev–Trinajstić information content (AvgIpc) is 2.49. The normalized spacial score (nSPS) is 19.6. The maximum absolute atomic E-state index is 12.4. The number of hydrogen-bond acceptors (Lipinski definition) is 4. The van der Waals surface area contributed by atoms with Crippen molar-refractivity contribution in [1.82, 2.24) is 10.2 Å². The minimum Gasteiger partial charge on any atom is -0.486 e. The molecule has 0 spiro atoms. The number of carbonyl (C=O) groups excluding carboxylic acids is 1. The van der Waals surface area contributed by atoms with Crippen LogP contribution in [0.4, 0.5) is 0 Å². The Kier molecular flexibility index (Phi) is 3.78. The molecule has 3 rings (SSSR count). The van der Waals surface area contributed by atoms with Crippen LogP contribution in [0, 0.1) is 0 Å². The third-order valence-corrected chi connectivity index (χ3v) is 3.86. The number of amides is 1. The first-order chi connectivity index (χ1) is 9.74. The Morgan fingerprint density at radius 1 is 1.25 bits per heavy atom. The van der Waals surface area contributed by atoms with Gasteiger partial charge in [-0.15, -0.1) is 0 Å². The first-order valence-electron chi connectivity index (χ1n) is 7.12. The number of nitrogens with zero attached hydrogens (tertiary/aromatic N) is 1. The number of fused-ring (bicyclic) bond motifs is 1. The minimum absolute atomic E-state index is 0.0677. The van der Waals surface area contributed by atoms with E-state index in [1.807, 2.05) is 12.1 Å². The number of benzene rings is 1. The summed E-state index contributed by atoms with van der Waals surface area (Å²) in [5.41, 5.74) is 0.570. The van der Waals surface area contributed by atoms with E-state index in [2.05, 4.69) is 17.3 Å². The summed E-state index contributed by atoms with van der Waals surface area (Å²) in [6.45, 7) is 3.08. The van der Waals surface area contributed by atoms with E-state index in [9.17, 15) is 4.79 Å². The van der Waals surface area contributed by atoms with Crippen molar-refractivity contribution in [2.75, 3.05) is 33.4 Å². The second kappa shape index (κ2) is 5.71. The van der Waals surface area contributed by atoms with Gasteiger partial charge in [0.1, 0.15) is 13.2 Å². The van der Waals surface area contributed by atoms with Crippen molar-refractivity contribution >= 4 is 5.91 Å². The molecule has 2 aliphatic heterocycles. The molecule has 5 heteroatoms. The molecular weight excluding hydrogens is 256 g/mol. The topological polar surface area (TPSA) is 50.8 Å². The summed E-state index contributed by atoms with van der Waals surface area (Å²) in [6, 6.07) is 5.70. The molecule has 5 nitrogen and oxygen atoms in total. The summed E-state index contributed by atoms with van der Waals surface area (Å²) < 4.78 is 11.1. The number of hydrogen-bond donors (Lipinski definition) is 1. The van der Waals surface area contributed by atoms with Gasteiger partial charge in [-0.1, -0.05) is 6.07 Å². The highest BCUT2D eigenvalue weighted by atomic mass is 16.6. The number of ether oxygens (including phenoxy) is 2. The summed E-state index contributed by atoms with van der Waals surface area (Å²) >= 11 is 0. The van der Waals surface area contributed by atoms with E-state index in [1.165, 1.54) is 0 Å². The van der Waals surface area contributed by atoms with Crippen LogP contribution >= 0.6 is 0 Å². The Labute approximate surface area is 118 Å². The molecule has 0 aromatic heterocycles. The van der Waals surface area contributed by atoms with Crippen molar-refractivity contribution < 1.29 is 14.3 Å². The molecular formula is C15H20N2O3. The second-order valence-electron chi connectivity index (χ2n) is 5.38. The highest BCUT2D eigenvalue weighted by molar-refractivity contribution is 5.98. The zero-order valence-electron chi connectivity index (χ0n) is 11.7. The van der Waals surface area contributed by atoms with Gasteiger partial charge in [0.25, 0.3) is 5.91 Å². The molecule has 1 amide bonds. The summed E-state index contributed by atoms with van der Waals surface area (Å²) in [5, 5.41) is 3.10. The van der Waals surface area contributed by atoms with Crippen molar-refractivity contribution in [3.63, 3.8) is 0 Å². The van der Waals surface area contributed by atoms with Gasteiger partial charge in [-0.3, -0.25) is 4.79 Å². The van der Waals surface area contributed by atoms with Crippen molar-refractivity contribution in [3.05, 3.63) is 23.8 Å². The largest absolute Gasteiger partial charge is 0.486 e. The zero-order chi connectivity index (χ0) is 13.9. The highest BCUT2D eigenvalue weighted by Crippen LogP contribution is 2.33. The standard InChI is InChI=1S/C15H20N2O3/c1-17-7-5-11(6-8-17)16-15(18)12-3-2-4-13-14(12)20-10-9-19-13/h2-4,11H,5-10H2,1H3,(H,16,18). The lowest BCUT2D eigenvalue weighted by Gasteiger charge is -2.29. The molecule has 2 aliphatic rings. The van der Waals surface area contributed by atoms with Gasteiger partial charge >= 0.3 is 0 Å². The van der Waals surface area contributed by atoms with E-state index in [1.54, 1.807) is 6.07 Å². The summed E-state index contributed by atoms with van der Waals surface area (Å²) in [4.78, 5) is 14.7. The predicted octanol–water partition coefficient (Wildman–Crippen LogP) is 1.28. The highest BCUT2D eigenvalue weighted by Gasteiger charge is 2.23. The van der Waals surface area contributed by atoms with Gasteiger partial charge in [0.15, 0.2) is 11.5 Å². The van der Waals surface area contributed by atoms with E-state index in [0.29, 0.717) is 30.3 Å². The number of rotatable bonds is 2. The van der Waals surface area contributed by atoms with Crippen LogP contribution in [0.5, 0.6) is 11.5 Å². The second-order valence-corrected chi connectivity index (χ2v) is 5.38. The molecule has 0 aliphatic carbocycles. The van der Waals surface area contributed by atoms with Gasteiger partial charge in [-0.2, -0.15) is 0 Å². The van der Waals surface area contributed by atoms with E-state index in [4.69, 9.17) is 9.47 Å². The first kappa shape index (κ1) is 13.2. The molecule has 2 heterocycles. The molecule has 1 fully saturated rings. The van der Waals surface area contributed by atoms with Crippen LogP contribution in [-0.4, -0.2) is 50.2 Å². The molecule has 20 heavy (non-hydrogen) atoms. The Hall–Kier alpha value is -1.75. The van der Waals surface area contributed by atoms with Crippen molar-refractivity contribution in [1.29, 1.82) is 0 Å². The molecule has 0 atom stereocenters. The van der Waals surface area contributed by atoms with Gasteiger partial charge in [-0.25, -0.2) is 0 Å². The molecule has 0 saturated carbocycles. The molecule has 1 aromatic rings. The summed E-state index contributed by atoms with van der Waals surface area (Å²) in [7, 11) is 2.11. The Morgan fingerprint density at radius 3 is 2.80 bits per heavy atom. The minimum atomic E-state index is -0.0677. The first-order valence-corrected chi connectivity index (χ1v) is 7.12. The van der Waals surface area contributed by atoms with Crippen LogP contribution in [0.15, 0.2) is 18.2 Å². The van der Waals surface area contributed by atoms with Crippen molar-refractivity contribution in [3.8, 4) is 11.5 Å². The lowest BCUT2D eigenvalue weighted by Crippen LogP contribution is -2.43. The fraction of sp³-hybridized carbons (Fsp3) is 0.533. The smallest absolute Gasteiger partial charge is 0.255 e. The van der Waals surface area contributed by atoms with Crippen molar-refractivity contribution in [2.24, 2.45) is 0 Å². The van der Waals surface area contributed by atoms with E-state index >= 15 is 0 Å². The predicted molar refractivity (Wildman–Crippen MR) is 75.4 cm³/mol. The lowest BCUT2D eigenvalue weighted by molar-refractivity contribution is 0.0906. The molecule has 0 bridgehead atoms. The van der Waals surface area contributed by atoms with Crippen LogP contribution in [0.25, 0.3) is 0 Å². The SMILES string of the molecule is CN1CCC(NC(=O)c2cccc3c2OCCO3)CC1. The van der Waals surface area contributed by atoms with Crippen LogP contribution in [0.3, 0.4) is 0 Å². The van der Waals surface area contributed by atoms with Crippen LogP contribution in [0.2, 0.25) is 0 Å². The third kappa shape index (κ3) is 2.72. The Balaban J connectivity index is 1.71. The fourth-order valence-electron chi connectivity index (χ4n) is 2.67. The van der Waals surface area contributed by atoms with Gasteiger partial charge in [0.05, 0.1) is 5.56 Å². The van der Waals surface area contributed by atoms with Gasteiger partial charge in [-0.05, 0) is 45.1 Å². The van der Waals surface area contributed by atoms with Gasteiger partial charge in [0, 0.05) is 6.04 Å². The molecule has 1 saturated heterocycles. The molecule has 108 valence electrons. The quantitative estimate of drug-likeness (QED) is 0.884. The maximum Gasteiger partial charge on any atom is 0.255 e.